The highest BCUT2D eigenvalue weighted by atomic mass is 15.2. The number of nitrogens with zero attached hydrogens (tertiary/aromatic N) is 1. The number of likely N-dealkylation sites (N-methyl/N-ethyl adjacent to an activating group) is 1. The van der Waals surface area contributed by atoms with Crippen molar-refractivity contribution in [1.82, 2.24) is 10.2 Å². The van der Waals surface area contributed by atoms with Crippen LogP contribution in [0.5, 0.6) is 0 Å². The Balaban J connectivity index is 1.98. The van der Waals surface area contributed by atoms with Gasteiger partial charge < -0.3 is 5.32 Å². The van der Waals surface area contributed by atoms with Crippen LogP contribution in [0.15, 0.2) is 0 Å². The molecule has 1 aliphatic heterocycles. The second-order valence-corrected chi connectivity index (χ2v) is 7.98. The Bertz CT molecular complexity index is 275. The fraction of sp³-hybridized carbons (Fsp3) is 1.00. The zero-order valence-corrected chi connectivity index (χ0v) is 13.7. The van der Waals surface area contributed by atoms with E-state index in [4.69, 9.17) is 0 Å². The number of hydrogen-bond donors (Lipinski definition) is 1. The lowest BCUT2D eigenvalue weighted by molar-refractivity contribution is 0.0393. The third-order valence-corrected chi connectivity index (χ3v) is 5.79. The van der Waals surface area contributed by atoms with E-state index < -0.39 is 0 Å². The zero-order valence-electron chi connectivity index (χ0n) is 13.7. The van der Waals surface area contributed by atoms with Gasteiger partial charge in [-0.3, -0.25) is 4.90 Å². The van der Waals surface area contributed by atoms with Crippen molar-refractivity contribution in [2.45, 2.75) is 71.9 Å². The molecule has 2 nitrogen and oxygen atoms in total. The quantitative estimate of drug-likeness (QED) is 0.841. The number of hydrogen-bond acceptors (Lipinski definition) is 2. The fourth-order valence-electron chi connectivity index (χ4n) is 3.99. The van der Waals surface area contributed by atoms with Crippen molar-refractivity contribution in [3.8, 4) is 0 Å². The van der Waals surface area contributed by atoms with Crippen molar-refractivity contribution in [2.24, 2.45) is 17.3 Å². The molecule has 3 unspecified atom stereocenters. The van der Waals surface area contributed by atoms with Crippen LogP contribution >= 0.6 is 0 Å². The van der Waals surface area contributed by atoms with Crippen molar-refractivity contribution >= 4 is 0 Å². The minimum absolute atomic E-state index is 0.567. The molecule has 112 valence electrons. The smallest absolute Gasteiger partial charge is 0.0251 e. The van der Waals surface area contributed by atoms with Gasteiger partial charge in [-0.15, -0.1) is 0 Å². The normalized spacial score (nSPS) is 36.6. The van der Waals surface area contributed by atoms with Gasteiger partial charge in [0.25, 0.3) is 0 Å². The molecule has 1 aliphatic carbocycles. The van der Waals surface area contributed by atoms with E-state index in [1.54, 1.807) is 0 Å². The molecular weight excluding hydrogens is 232 g/mol. The van der Waals surface area contributed by atoms with E-state index >= 15 is 0 Å². The molecule has 1 N–H and O–H groups in total. The molecule has 1 saturated heterocycles. The molecule has 2 rings (SSSR count). The van der Waals surface area contributed by atoms with E-state index in [1.165, 1.54) is 45.2 Å². The second kappa shape index (κ2) is 6.13. The van der Waals surface area contributed by atoms with Gasteiger partial charge in [0.1, 0.15) is 0 Å². The van der Waals surface area contributed by atoms with Crippen LogP contribution in [0.25, 0.3) is 0 Å². The third-order valence-electron chi connectivity index (χ3n) is 5.79. The van der Waals surface area contributed by atoms with Gasteiger partial charge in [0.05, 0.1) is 0 Å². The van der Waals surface area contributed by atoms with Gasteiger partial charge in [-0.25, -0.2) is 0 Å². The Kier molecular flexibility index (Phi) is 4.94. The minimum Gasteiger partial charge on any atom is -0.315 e. The standard InChI is InChI=1S/C17H34N2/c1-13(2)14-6-7-15(18-5)16(12-14)19-10-8-17(3,4)9-11-19/h13-16,18H,6-12H2,1-5H3. The largest absolute Gasteiger partial charge is 0.315 e. The molecule has 0 radical (unpaired) electrons. The summed E-state index contributed by atoms with van der Waals surface area (Å²) in [5.41, 5.74) is 0.567. The van der Waals surface area contributed by atoms with Gasteiger partial charge in [-0.05, 0) is 69.5 Å². The fourth-order valence-corrected chi connectivity index (χ4v) is 3.99. The summed E-state index contributed by atoms with van der Waals surface area (Å²) in [6.45, 7) is 12.3. The number of nitrogens with one attached hydrogen (secondary N) is 1. The molecule has 2 heteroatoms. The third kappa shape index (κ3) is 3.72. The molecule has 1 heterocycles. The first kappa shape index (κ1) is 15.3. The van der Waals surface area contributed by atoms with Crippen molar-refractivity contribution in [1.29, 1.82) is 0 Å². The van der Waals surface area contributed by atoms with Crippen molar-refractivity contribution in [3.63, 3.8) is 0 Å². The van der Waals surface area contributed by atoms with Crippen molar-refractivity contribution in [3.05, 3.63) is 0 Å². The van der Waals surface area contributed by atoms with Gasteiger partial charge >= 0.3 is 0 Å². The van der Waals surface area contributed by atoms with Crippen LogP contribution in [-0.2, 0) is 0 Å². The summed E-state index contributed by atoms with van der Waals surface area (Å²) >= 11 is 0. The number of rotatable bonds is 3. The van der Waals surface area contributed by atoms with E-state index in [1.807, 2.05) is 0 Å². The SMILES string of the molecule is CNC1CCC(C(C)C)CC1N1CCC(C)(C)CC1. The van der Waals surface area contributed by atoms with E-state index in [9.17, 15) is 0 Å². The van der Waals surface area contributed by atoms with E-state index in [2.05, 4.69) is 45.0 Å². The van der Waals surface area contributed by atoms with Gasteiger partial charge in [0.15, 0.2) is 0 Å². The maximum atomic E-state index is 3.59. The maximum absolute atomic E-state index is 3.59. The summed E-state index contributed by atoms with van der Waals surface area (Å²) in [5.74, 6) is 1.78. The van der Waals surface area contributed by atoms with Crippen molar-refractivity contribution < 1.29 is 0 Å². The number of piperidine rings is 1. The van der Waals surface area contributed by atoms with Crippen LogP contribution in [0.3, 0.4) is 0 Å². The van der Waals surface area contributed by atoms with Gasteiger partial charge in [-0.1, -0.05) is 27.7 Å². The molecule has 0 aromatic carbocycles. The molecule has 0 aromatic heterocycles. The predicted octanol–water partition coefficient (Wildman–Crippen LogP) is 3.52. The molecule has 0 bridgehead atoms. The van der Waals surface area contributed by atoms with Crippen LogP contribution < -0.4 is 5.32 Å². The topological polar surface area (TPSA) is 15.3 Å². The van der Waals surface area contributed by atoms with Gasteiger partial charge in [-0.2, -0.15) is 0 Å². The first-order chi connectivity index (χ1) is 8.93. The minimum atomic E-state index is 0.567. The molecule has 19 heavy (non-hydrogen) atoms. The van der Waals surface area contributed by atoms with Crippen LogP contribution in [0.4, 0.5) is 0 Å². The summed E-state index contributed by atoms with van der Waals surface area (Å²) in [6.07, 6.45) is 6.92. The Morgan fingerprint density at radius 3 is 2.26 bits per heavy atom. The van der Waals surface area contributed by atoms with Crippen LogP contribution in [-0.4, -0.2) is 37.1 Å². The van der Waals surface area contributed by atoms with E-state index in [0.717, 1.165) is 23.9 Å². The molecular formula is C17H34N2. The molecule has 0 aromatic rings. The lowest BCUT2D eigenvalue weighted by Gasteiger charge is -2.47. The Labute approximate surface area is 120 Å². The first-order valence-electron chi connectivity index (χ1n) is 8.34. The summed E-state index contributed by atoms with van der Waals surface area (Å²) in [7, 11) is 2.15. The van der Waals surface area contributed by atoms with E-state index in [-0.39, 0.29) is 0 Å². The Hall–Kier alpha value is -0.0800. The molecule has 0 amide bonds. The van der Waals surface area contributed by atoms with Gasteiger partial charge in [0.2, 0.25) is 0 Å². The Morgan fingerprint density at radius 1 is 1.11 bits per heavy atom. The van der Waals surface area contributed by atoms with Gasteiger partial charge in [0, 0.05) is 12.1 Å². The second-order valence-electron chi connectivity index (χ2n) is 7.98. The van der Waals surface area contributed by atoms with Crippen molar-refractivity contribution in [2.75, 3.05) is 20.1 Å². The number of likely N-dealkylation sites (tertiary alicyclic amines) is 1. The van der Waals surface area contributed by atoms with E-state index in [0.29, 0.717) is 5.41 Å². The van der Waals surface area contributed by atoms with Crippen LogP contribution in [0, 0.1) is 17.3 Å². The molecule has 2 aliphatic rings. The highest BCUT2D eigenvalue weighted by Gasteiger charge is 2.37. The van der Waals surface area contributed by atoms with Crippen LogP contribution in [0.1, 0.15) is 59.8 Å². The Morgan fingerprint density at radius 2 is 1.74 bits per heavy atom. The molecule has 0 spiro atoms. The maximum Gasteiger partial charge on any atom is 0.0251 e. The average Bonchev–Trinajstić information content (AvgIpc) is 2.38. The highest BCUT2D eigenvalue weighted by molar-refractivity contribution is 4.93. The molecule has 1 saturated carbocycles. The lowest BCUT2D eigenvalue weighted by atomic mass is 9.75. The summed E-state index contributed by atoms with van der Waals surface area (Å²) in [4.78, 5) is 2.79. The average molecular weight is 266 g/mol. The molecule has 3 atom stereocenters. The molecule has 2 fully saturated rings. The highest BCUT2D eigenvalue weighted by Crippen LogP contribution is 2.36. The monoisotopic (exact) mass is 266 g/mol. The lowest BCUT2D eigenvalue weighted by Crippen LogP contribution is -2.55. The summed E-state index contributed by atoms with van der Waals surface area (Å²) in [5, 5.41) is 3.59. The summed E-state index contributed by atoms with van der Waals surface area (Å²) < 4.78 is 0. The zero-order chi connectivity index (χ0) is 14.0. The van der Waals surface area contributed by atoms with Crippen LogP contribution in [0.2, 0.25) is 0 Å². The predicted molar refractivity (Wildman–Crippen MR) is 83.4 cm³/mol. The first-order valence-corrected chi connectivity index (χ1v) is 8.34. The summed E-state index contributed by atoms with van der Waals surface area (Å²) in [6, 6.07) is 1.50.